The molecule has 0 saturated carbocycles. The second kappa shape index (κ2) is 8.74. The van der Waals surface area contributed by atoms with Gasteiger partial charge in [-0.05, 0) is 38.7 Å². The number of rotatable bonds is 8. The minimum atomic E-state index is -0.442. The number of allylic oxidation sites excluding steroid dienone is 1. The van der Waals surface area contributed by atoms with Crippen LogP contribution in [0.2, 0.25) is 0 Å². The molecule has 1 atom stereocenters. The molecule has 0 aliphatic heterocycles. The highest BCUT2D eigenvalue weighted by molar-refractivity contribution is 5.72. The summed E-state index contributed by atoms with van der Waals surface area (Å²) < 4.78 is 5.45. The van der Waals surface area contributed by atoms with Gasteiger partial charge in [0.1, 0.15) is 5.60 Å². The quantitative estimate of drug-likeness (QED) is 0.536. The molecule has 0 fully saturated rings. The average Bonchev–Trinajstić information content (AvgIpc) is 2.37. The van der Waals surface area contributed by atoms with Crippen LogP contribution in [0.1, 0.15) is 39.7 Å². The summed E-state index contributed by atoms with van der Waals surface area (Å²) in [7, 11) is 0. The molecule has 0 spiro atoms. The van der Waals surface area contributed by atoms with Crippen LogP contribution in [0.15, 0.2) is 43.0 Å². The number of carbonyl (C=O) groups excluding carboxylic acids is 1. The fourth-order valence-corrected chi connectivity index (χ4v) is 2.38. The minimum absolute atomic E-state index is 0.172. The van der Waals surface area contributed by atoms with Crippen molar-refractivity contribution in [1.82, 2.24) is 4.90 Å². The number of carbonyl (C=O) groups is 1. The van der Waals surface area contributed by atoms with Crippen LogP contribution in [0.5, 0.6) is 0 Å². The van der Waals surface area contributed by atoms with Gasteiger partial charge in [-0.3, -0.25) is 9.69 Å². The van der Waals surface area contributed by atoms with Crippen molar-refractivity contribution in [3.05, 3.63) is 48.6 Å². The molecule has 0 N–H and O–H groups in total. The first-order valence-corrected chi connectivity index (χ1v) is 7.89. The molecule has 0 radical (unpaired) electrons. The standard InChI is InChI=1S/C19H29NO2/c1-6-10-16(2)13-20(14-17-11-8-7-9-12-17)15-18(21)22-19(3,4)5/h6-9,11-12,16H,1,10,13-15H2,2-5H3. The largest absolute Gasteiger partial charge is 0.459 e. The lowest BCUT2D eigenvalue weighted by molar-refractivity contribution is -0.156. The number of esters is 1. The fraction of sp³-hybridized carbons (Fsp3) is 0.526. The molecule has 0 bridgehead atoms. The Labute approximate surface area is 135 Å². The summed E-state index contributed by atoms with van der Waals surface area (Å²) in [6.45, 7) is 13.6. The summed E-state index contributed by atoms with van der Waals surface area (Å²) >= 11 is 0. The molecule has 0 aromatic heterocycles. The van der Waals surface area contributed by atoms with E-state index in [9.17, 15) is 4.79 Å². The predicted octanol–water partition coefficient (Wildman–Crippen LogP) is 4.04. The SMILES string of the molecule is C=CCC(C)CN(CC(=O)OC(C)(C)C)Cc1ccccc1. The number of nitrogens with zero attached hydrogens (tertiary/aromatic N) is 1. The lowest BCUT2D eigenvalue weighted by Crippen LogP contribution is -2.36. The average molecular weight is 303 g/mol. The number of benzene rings is 1. The topological polar surface area (TPSA) is 29.5 Å². The third-order valence-electron chi connectivity index (χ3n) is 3.16. The molecule has 0 aliphatic rings. The highest BCUT2D eigenvalue weighted by Gasteiger charge is 2.20. The van der Waals surface area contributed by atoms with Crippen LogP contribution < -0.4 is 0 Å². The summed E-state index contributed by atoms with van der Waals surface area (Å²) in [4.78, 5) is 14.3. The van der Waals surface area contributed by atoms with Gasteiger partial charge >= 0.3 is 5.97 Å². The third-order valence-corrected chi connectivity index (χ3v) is 3.16. The van der Waals surface area contributed by atoms with Crippen molar-refractivity contribution in [3.8, 4) is 0 Å². The molecule has 0 saturated heterocycles. The van der Waals surface area contributed by atoms with Crippen LogP contribution in [0, 0.1) is 5.92 Å². The lowest BCUT2D eigenvalue weighted by atomic mass is 10.1. The normalized spacial score (nSPS) is 13.0. The second-order valence-electron chi connectivity index (χ2n) is 6.87. The molecule has 1 rings (SSSR count). The fourth-order valence-electron chi connectivity index (χ4n) is 2.38. The van der Waals surface area contributed by atoms with Crippen LogP contribution in [-0.4, -0.2) is 29.6 Å². The van der Waals surface area contributed by atoms with Crippen LogP contribution >= 0.6 is 0 Å². The van der Waals surface area contributed by atoms with E-state index in [1.54, 1.807) is 0 Å². The maximum absolute atomic E-state index is 12.1. The molecule has 1 aromatic carbocycles. The molecule has 0 heterocycles. The Morgan fingerprint density at radius 1 is 1.32 bits per heavy atom. The number of hydrogen-bond donors (Lipinski definition) is 0. The lowest BCUT2D eigenvalue weighted by Gasteiger charge is -2.27. The van der Waals surface area contributed by atoms with Gasteiger partial charge in [-0.2, -0.15) is 0 Å². The molecular formula is C19H29NO2. The summed E-state index contributed by atoms with van der Waals surface area (Å²) in [6.07, 6.45) is 2.87. The van der Waals surface area contributed by atoms with E-state index in [-0.39, 0.29) is 5.97 Å². The highest BCUT2D eigenvalue weighted by Crippen LogP contribution is 2.12. The van der Waals surface area contributed by atoms with Crippen LogP contribution in [0.4, 0.5) is 0 Å². The van der Waals surface area contributed by atoms with Gasteiger partial charge in [-0.1, -0.05) is 43.3 Å². The van der Waals surface area contributed by atoms with Crippen molar-refractivity contribution < 1.29 is 9.53 Å². The van der Waals surface area contributed by atoms with E-state index >= 15 is 0 Å². The summed E-state index contributed by atoms with van der Waals surface area (Å²) in [5.41, 5.74) is 0.763. The molecule has 1 unspecified atom stereocenters. The number of ether oxygens (including phenoxy) is 1. The van der Waals surface area contributed by atoms with E-state index < -0.39 is 5.60 Å². The Bertz CT molecular complexity index is 462. The van der Waals surface area contributed by atoms with Gasteiger partial charge in [0.05, 0.1) is 6.54 Å². The van der Waals surface area contributed by atoms with Gasteiger partial charge in [-0.15, -0.1) is 6.58 Å². The molecule has 3 nitrogen and oxygen atoms in total. The Morgan fingerprint density at radius 3 is 2.50 bits per heavy atom. The van der Waals surface area contributed by atoms with Crippen molar-refractivity contribution >= 4 is 5.97 Å². The minimum Gasteiger partial charge on any atom is -0.459 e. The van der Waals surface area contributed by atoms with Crippen molar-refractivity contribution in [2.45, 2.75) is 46.3 Å². The summed E-state index contributed by atoms with van der Waals surface area (Å²) in [5.74, 6) is 0.290. The van der Waals surface area contributed by atoms with E-state index in [2.05, 4.69) is 30.5 Å². The maximum Gasteiger partial charge on any atom is 0.320 e. The Hall–Kier alpha value is -1.61. The first-order chi connectivity index (χ1) is 10.3. The molecular weight excluding hydrogens is 274 g/mol. The zero-order chi connectivity index (χ0) is 16.6. The Kier molecular flexibility index (Phi) is 7.33. The van der Waals surface area contributed by atoms with E-state index in [0.29, 0.717) is 12.5 Å². The van der Waals surface area contributed by atoms with Gasteiger partial charge in [0.25, 0.3) is 0 Å². The first-order valence-electron chi connectivity index (χ1n) is 7.89. The van der Waals surface area contributed by atoms with Crippen molar-refractivity contribution in [1.29, 1.82) is 0 Å². The molecule has 3 heteroatoms. The van der Waals surface area contributed by atoms with Crippen molar-refractivity contribution in [3.63, 3.8) is 0 Å². The van der Waals surface area contributed by atoms with Gasteiger partial charge in [0, 0.05) is 13.1 Å². The van der Waals surface area contributed by atoms with Crippen LogP contribution in [-0.2, 0) is 16.1 Å². The Balaban J connectivity index is 2.68. The Morgan fingerprint density at radius 2 is 1.95 bits per heavy atom. The predicted molar refractivity (Wildman–Crippen MR) is 91.5 cm³/mol. The molecule has 0 amide bonds. The highest BCUT2D eigenvalue weighted by atomic mass is 16.6. The van der Waals surface area contributed by atoms with Gasteiger partial charge in [0.2, 0.25) is 0 Å². The maximum atomic E-state index is 12.1. The smallest absolute Gasteiger partial charge is 0.320 e. The van der Waals surface area contributed by atoms with Crippen molar-refractivity contribution in [2.24, 2.45) is 5.92 Å². The molecule has 22 heavy (non-hydrogen) atoms. The second-order valence-corrected chi connectivity index (χ2v) is 6.87. The van der Waals surface area contributed by atoms with Crippen LogP contribution in [0.25, 0.3) is 0 Å². The monoisotopic (exact) mass is 303 g/mol. The van der Waals surface area contributed by atoms with Crippen molar-refractivity contribution in [2.75, 3.05) is 13.1 Å². The van der Waals surface area contributed by atoms with Gasteiger partial charge in [-0.25, -0.2) is 0 Å². The van der Waals surface area contributed by atoms with E-state index in [0.717, 1.165) is 19.5 Å². The van der Waals surface area contributed by atoms with Gasteiger partial charge < -0.3 is 4.74 Å². The first kappa shape index (κ1) is 18.4. The van der Waals surface area contributed by atoms with E-state index in [1.807, 2.05) is 45.0 Å². The zero-order valence-corrected chi connectivity index (χ0v) is 14.3. The molecule has 122 valence electrons. The third kappa shape index (κ3) is 7.99. The molecule has 1 aromatic rings. The molecule has 0 aliphatic carbocycles. The zero-order valence-electron chi connectivity index (χ0n) is 14.3. The van der Waals surface area contributed by atoms with E-state index in [1.165, 1.54) is 5.56 Å². The van der Waals surface area contributed by atoms with Gasteiger partial charge in [0.15, 0.2) is 0 Å². The summed E-state index contributed by atoms with van der Waals surface area (Å²) in [6, 6.07) is 10.2. The van der Waals surface area contributed by atoms with Crippen LogP contribution in [0.3, 0.4) is 0 Å². The number of hydrogen-bond acceptors (Lipinski definition) is 3. The summed E-state index contributed by atoms with van der Waals surface area (Å²) in [5, 5.41) is 0. The van der Waals surface area contributed by atoms with E-state index in [4.69, 9.17) is 4.74 Å².